The molecule has 0 aromatic heterocycles. The van der Waals surface area contributed by atoms with Crippen LogP contribution in [0.4, 0.5) is 15.8 Å². The minimum Gasteiger partial charge on any atom is -0.398 e. The van der Waals surface area contributed by atoms with E-state index >= 15 is 0 Å². The number of carbonyl (C=O) groups is 1. The first-order chi connectivity index (χ1) is 9.08. The minimum absolute atomic E-state index is 0.136. The fraction of sp³-hybridized carbons (Fsp3) is 0.133. The Bertz CT molecular complexity index is 598. The van der Waals surface area contributed by atoms with Gasteiger partial charge in [-0.3, -0.25) is 4.79 Å². The number of hydrogen-bond donors (Lipinski definition) is 1. The molecule has 0 unspecified atom stereocenters. The molecule has 0 radical (unpaired) electrons. The number of nitrogens with two attached hydrogens (primary N) is 1. The molecule has 0 aliphatic rings. The molecule has 1 amide bonds. The molecule has 2 aromatic carbocycles. The van der Waals surface area contributed by atoms with Gasteiger partial charge in [-0.2, -0.15) is 0 Å². The second kappa shape index (κ2) is 5.52. The van der Waals surface area contributed by atoms with Gasteiger partial charge in [-0.1, -0.05) is 24.3 Å². The Morgan fingerprint density at radius 2 is 1.95 bits per heavy atom. The summed E-state index contributed by atoms with van der Waals surface area (Å²) >= 11 is 0. The van der Waals surface area contributed by atoms with Gasteiger partial charge < -0.3 is 10.6 Å². The standard InChI is InChI=1S/C15H15FN2O/c1-18(13-7-4-6-12(16)10-13)15(19)9-11-5-2-3-8-14(11)17/h2-8,10H,9,17H2,1H3. The van der Waals surface area contributed by atoms with Crippen LogP contribution in [0.5, 0.6) is 0 Å². The molecule has 2 aromatic rings. The molecule has 19 heavy (non-hydrogen) atoms. The number of carbonyl (C=O) groups excluding carboxylic acids is 1. The SMILES string of the molecule is CN(C(=O)Cc1ccccc1N)c1cccc(F)c1. The molecule has 0 aliphatic carbocycles. The van der Waals surface area contributed by atoms with Crippen molar-refractivity contribution in [3.8, 4) is 0 Å². The maximum atomic E-state index is 13.1. The van der Waals surface area contributed by atoms with E-state index in [1.807, 2.05) is 18.2 Å². The Kier molecular flexibility index (Phi) is 3.80. The van der Waals surface area contributed by atoms with Crippen molar-refractivity contribution < 1.29 is 9.18 Å². The monoisotopic (exact) mass is 258 g/mol. The van der Waals surface area contributed by atoms with Gasteiger partial charge in [0.1, 0.15) is 5.82 Å². The van der Waals surface area contributed by atoms with Crippen molar-refractivity contribution in [2.45, 2.75) is 6.42 Å². The molecule has 0 bridgehead atoms. The fourth-order valence-electron chi connectivity index (χ4n) is 1.81. The number of likely N-dealkylation sites (N-methyl/N-ethyl adjacent to an activating group) is 1. The Morgan fingerprint density at radius 1 is 1.21 bits per heavy atom. The molecule has 4 heteroatoms. The first-order valence-electron chi connectivity index (χ1n) is 5.93. The summed E-state index contributed by atoms with van der Waals surface area (Å²) in [5.74, 6) is -0.500. The summed E-state index contributed by atoms with van der Waals surface area (Å²) in [6.45, 7) is 0. The quantitative estimate of drug-likeness (QED) is 0.860. The Labute approximate surface area is 111 Å². The third-order valence-electron chi connectivity index (χ3n) is 2.97. The molecule has 3 nitrogen and oxygen atoms in total. The highest BCUT2D eigenvalue weighted by Gasteiger charge is 2.13. The number of hydrogen-bond acceptors (Lipinski definition) is 2. The maximum Gasteiger partial charge on any atom is 0.231 e. The highest BCUT2D eigenvalue weighted by molar-refractivity contribution is 5.94. The average Bonchev–Trinajstić information content (AvgIpc) is 2.40. The fourth-order valence-corrected chi connectivity index (χ4v) is 1.81. The molecule has 0 fully saturated rings. The van der Waals surface area contributed by atoms with Gasteiger partial charge in [0.15, 0.2) is 0 Å². The van der Waals surface area contributed by atoms with E-state index in [-0.39, 0.29) is 18.1 Å². The van der Waals surface area contributed by atoms with Gasteiger partial charge in [0.25, 0.3) is 0 Å². The number of anilines is 2. The smallest absolute Gasteiger partial charge is 0.231 e. The molecule has 0 spiro atoms. The van der Waals surface area contributed by atoms with E-state index in [0.717, 1.165) is 5.56 Å². The van der Waals surface area contributed by atoms with Crippen LogP contribution in [-0.4, -0.2) is 13.0 Å². The second-order valence-electron chi connectivity index (χ2n) is 4.31. The summed E-state index contributed by atoms with van der Waals surface area (Å²) in [4.78, 5) is 13.6. The number of halogens is 1. The summed E-state index contributed by atoms with van der Waals surface area (Å²) in [7, 11) is 1.62. The first kappa shape index (κ1) is 13.1. The first-order valence-corrected chi connectivity index (χ1v) is 5.93. The number of rotatable bonds is 3. The normalized spacial score (nSPS) is 10.2. The van der Waals surface area contributed by atoms with E-state index in [1.165, 1.54) is 17.0 Å². The van der Waals surface area contributed by atoms with Crippen LogP contribution in [0.25, 0.3) is 0 Å². The number of para-hydroxylation sites is 1. The Balaban J connectivity index is 2.14. The van der Waals surface area contributed by atoms with Crippen molar-refractivity contribution in [3.05, 3.63) is 59.9 Å². The van der Waals surface area contributed by atoms with Crippen molar-refractivity contribution in [3.63, 3.8) is 0 Å². The van der Waals surface area contributed by atoms with E-state index < -0.39 is 0 Å². The topological polar surface area (TPSA) is 46.3 Å². The molecular weight excluding hydrogens is 243 g/mol. The molecule has 2 rings (SSSR count). The van der Waals surface area contributed by atoms with E-state index in [1.54, 1.807) is 25.2 Å². The summed E-state index contributed by atoms with van der Waals surface area (Å²) in [6.07, 6.45) is 0.194. The number of amides is 1. The van der Waals surface area contributed by atoms with Crippen molar-refractivity contribution in [1.82, 2.24) is 0 Å². The third kappa shape index (κ3) is 3.10. The van der Waals surface area contributed by atoms with Gasteiger partial charge >= 0.3 is 0 Å². The maximum absolute atomic E-state index is 13.1. The van der Waals surface area contributed by atoms with Crippen molar-refractivity contribution >= 4 is 17.3 Å². The van der Waals surface area contributed by atoms with E-state index in [4.69, 9.17) is 5.73 Å². The van der Waals surface area contributed by atoms with Gasteiger partial charge in [-0.15, -0.1) is 0 Å². The van der Waals surface area contributed by atoms with Gasteiger partial charge in [0.05, 0.1) is 6.42 Å². The van der Waals surface area contributed by atoms with Crippen LogP contribution >= 0.6 is 0 Å². The van der Waals surface area contributed by atoms with E-state index in [0.29, 0.717) is 11.4 Å². The predicted octanol–water partition coefficient (Wildman–Crippen LogP) is 2.61. The number of benzene rings is 2. The molecule has 0 saturated carbocycles. The molecular formula is C15H15FN2O. The van der Waals surface area contributed by atoms with E-state index in [2.05, 4.69) is 0 Å². The lowest BCUT2D eigenvalue weighted by Gasteiger charge is -2.18. The highest BCUT2D eigenvalue weighted by Crippen LogP contribution is 2.17. The van der Waals surface area contributed by atoms with Gasteiger partial charge in [0, 0.05) is 18.4 Å². The lowest BCUT2D eigenvalue weighted by Crippen LogP contribution is -2.28. The lowest BCUT2D eigenvalue weighted by molar-refractivity contribution is -0.117. The third-order valence-corrected chi connectivity index (χ3v) is 2.97. The van der Waals surface area contributed by atoms with Crippen LogP contribution in [0.15, 0.2) is 48.5 Å². The van der Waals surface area contributed by atoms with E-state index in [9.17, 15) is 9.18 Å². The van der Waals surface area contributed by atoms with Crippen LogP contribution < -0.4 is 10.6 Å². The van der Waals surface area contributed by atoms with Crippen molar-refractivity contribution in [1.29, 1.82) is 0 Å². The zero-order chi connectivity index (χ0) is 13.8. The second-order valence-corrected chi connectivity index (χ2v) is 4.31. The van der Waals surface area contributed by atoms with Crippen LogP contribution in [0.1, 0.15) is 5.56 Å². The molecule has 2 N–H and O–H groups in total. The molecule has 0 saturated heterocycles. The van der Waals surface area contributed by atoms with Crippen molar-refractivity contribution in [2.24, 2.45) is 0 Å². The zero-order valence-electron chi connectivity index (χ0n) is 10.6. The summed E-state index contributed by atoms with van der Waals surface area (Å²) in [5, 5.41) is 0. The number of nitrogens with zero attached hydrogens (tertiary/aromatic N) is 1. The highest BCUT2D eigenvalue weighted by atomic mass is 19.1. The van der Waals surface area contributed by atoms with Crippen molar-refractivity contribution in [2.75, 3.05) is 17.7 Å². The van der Waals surface area contributed by atoms with Gasteiger partial charge in [0.2, 0.25) is 5.91 Å². The van der Waals surface area contributed by atoms with Crippen LogP contribution in [-0.2, 0) is 11.2 Å². The van der Waals surface area contributed by atoms with Crippen LogP contribution in [0.3, 0.4) is 0 Å². The number of nitrogen functional groups attached to an aromatic ring is 1. The molecule has 0 atom stereocenters. The Hall–Kier alpha value is -2.36. The lowest BCUT2D eigenvalue weighted by atomic mass is 10.1. The predicted molar refractivity (Wildman–Crippen MR) is 74.4 cm³/mol. The van der Waals surface area contributed by atoms with Gasteiger partial charge in [-0.05, 0) is 29.8 Å². The Morgan fingerprint density at radius 3 is 2.63 bits per heavy atom. The largest absolute Gasteiger partial charge is 0.398 e. The summed E-state index contributed by atoms with van der Waals surface area (Å²) < 4.78 is 13.1. The molecule has 0 aliphatic heterocycles. The minimum atomic E-state index is -0.364. The summed E-state index contributed by atoms with van der Waals surface area (Å²) in [6, 6.07) is 13.2. The van der Waals surface area contributed by atoms with Gasteiger partial charge in [-0.25, -0.2) is 4.39 Å². The summed E-state index contributed by atoms with van der Waals surface area (Å²) in [5.41, 5.74) is 7.69. The van der Waals surface area contributed by atoms with Crippen LogP contribution in [0, 0.1) is 5.82 Å². The molecule has 0 heterocycles. The molecule has 98 valence electrons. The average molecular weight is 258 g/mol. The zero-order valence-corrected chi connectivity index (χ0v) is 10.6. The van der Waals surface area contributed by atoms with Crippen LogP contribution in [0.2, 0.25) is 0 Å².